The third-order valence-electron chi connectivity index (χ3n) is 1.55. The zero-order valence-electron chi connectivity index (χ0n) is 7.09. The average molecular weight is 233 g/mol. The van der Waals surface area contributed by atoms with Crippen LogP contribution in [0.15, 0.2) is 4.47 Å². The van der Waals surface area contributed by atoms with Gasteiger partial charge in [-0.2, -0.15) is 9.78 Å². The monoisotopic (exact) mass is 232 g/mol. The summed E-state index contributed by atoms with van der Waals surface area (Å²) in [5, 5.41) is 3.98. The van der Waals surface area contributed by atoms with Gasteiger partial charge in [-0.1, -0.05) is 0 Å². The molecular weight excluding hydrogens is 224 g/mol. The highest BCUT2D eigenvalue weighted by Gasteiger charge is 2.14. The van der Waals surface area contributed by atoms with Crippen molar-refractivity contribution in [2.24, 2.45) is 0 Å². The maximum absolute atomic E-state index is 11.1. The highest BCUT2D eigenvalue weighted by Crippen LogP contribution is 2.19. The van der Waals surface area contributed by atoms with E-state index in [1.807, 2.05) is 6.92 Å². The molecule has 0 bridgehead atoms. The SMILES string of the molecule is COC(=O)n1nc(C)c(Br)c1C. The van der Waals surface area contributed by atoms with E-state index in [4.69, 9.17) is 0 Å². The molecule has 1 heterocycles. The Hall–Kier alpha value is -0.840. The number of carbonyl (C=O) groups is 1. The van der Waals surface area contributed by atoms with Crippen LogP contribution < -0.4 is 0 Å². The fourth-order valence-electron chi connectivity index (χ4n) is 0.888. The lowest BCUT2D eigenvalue weighted by Gasteiger charge is -1.98. The summed E-state index contributed by atoms with van der Waals surface area (Å²) in [4.78, 5) is 11.1. The average Bonchev–Trinajstić information content (AvgIpc) is 2.32. The van der Waals surface area contributed by atoms with Gasteiger partial charge < -0.3 is 4.74 Å². The Morgan fingerprint density at radius 1 is 1.58 bits per heavy atom. The van der Waals surface area contributed by atoms with Crippen LogP contribution in [0.25, 0.3) is 0 Å². The van der Waals surface area contributed by atoms with Crippen molar-refractivity contribution >= 4 is 22.0 Å². The van der Waals surface area contributed by atoms with Crippen LogP contribution in [0.3, 0.4) is 0 Å². The second-order valence-corrected chi connectivity index (χ2v) is 3.16. The van der Waals surface area contributed by atoms with E-state index in [0.29, 0.717) is 0 Å². The molecule has 66 valence electrons. The van der Waals surface area contributed by atoms with Gasteiger partial charge >= 0.3 is 6.09 Å². The molecule has 4 nitrogen and oxygen atoms in total. The number of carbonyl (C=O) groups excluding carboxylic acids is 1. The van der Waals surface area contributed by atoms with Crippen LogP contribution in [0.1, 0.15) is 11.4 Å². The summed E-state index contributed by atoms with van der Waals surface area (Å²) < 4.78 is 6.59. The van der Waals surface area contributed by atoms with Crippen molar-refractivity contribution in [2.75, 3.05) is 7.11 Å². The van der Waals surface area contributed by atoms with E-state index >= 15 is 0 Å². The van der Waals surface area contributed by atoms with Crippen LogP contribution in [-0.2, 0) is 4.74 Å². The lowest BCUT2D eigenvalue weighted by Crippen LogP contribution is -2.14. The quantitative estimate of drug-likeness (QED) is 0.687. The lowest BCUT2D eigenvalue weighted by atomic mass is 10.4. The van der Waals surface area contributed by atoms with Crippen LogP contribution in [-0.4, -0.2) is 23.0 Å². The van der Waals surface area contributed by atoms with Crippen molar-refractivity contribution in [2.45, 2.75) is 13.8 Å². The minimum absolute atomic E-state index is 0.471. The molecule has 0 atom stereocenters. The van der Waals surface area contributed by atoms with Crippen molar-refractivity contribution in [3.8, 4) is 0 Å². The number of hydrogen-bond donors (Lipinski definition) is 0. The fourth-order valence-corrected chi connectivity index (χ4v) is 1.14. The number of hydrogen-bond acceptors (Lipinski definition) is 3. The topological polar surface area (TPSA) is 44.1 Å². The van der Waals surface area contributed by atoms with E-state index in [-0.39, 0.29) is 0 Å². The van der Waals surface area contributed by atoms with E-state index in [0.717, 1.165) is 15.9 Å². The van der Waals surface area contributed by atoms with Crippen molar-refractivity contribution in [3.05, 3.63) is 15.9 Å². The molecule has 1 rings (SSSR count). The minimum atomic E-state index is -0.471. The van der Waals surface area contributed by atoms with Crippen LogP contribution >= 0.6 is 15.9 Å². The molecule has 0 aliphatic rings. The number of ether oxygens (including phenoxy) is 1. The molecule has 5 heteroatoms. The first-order valence-corrected chi connectivity index (χ1v) is 4.17. The van der Waals surface area contributed by atoms with Gasteiger partial charge in [0, 0.05) is 0 Å². The van der Waals surface area contributed by atoms with Crippen LogP contribution in [0, 0.1) is 13.8 Å². The fraction of sp³-hybridized carbons (Fsp3) is 0.429. The number of nitrogens with zero attached hydrogens (tertiary/aromatic N) is 2. The summed E-state index contributed by atoms with van der Waals surface area (Å²) in [6.45, 7) is 3.61. The van der Waals surface area contributed by atoms with Gasteiger partial charge in [-0.3, -0.25) is 0 Å². The predicted molar refractivity (Wildman–Crippen MR) is 47.2 cm³/mol. The maximum Gasteiger partial charge on any atom is 0.434 e. The van der Waals surface area contributed by atoms with Gasteiger partial charge in [-0.25, -0.2) is 4.79 Å². The Kier molecular flexibility index (Phi) is 2.52. The van der Waals surface area contributed by atoms with Gasteiger partial charge in [0.15, 0.2) is 0 Å². The summed E-state index contributed by atoms with van der Waals surface area (Å²) in [5.41, 5.74) is 1.53. The van der Waals surface area contributed by atoms with Crippen LogP contribution in [0.2, 0.25) is 0 Å². The molecule has 0 saturated heterocycles. The summed E-state index contributed by atoms with van der Waals surface area (Å²) in [6, 6.07) is 0. The molecule has 0 spiro atoms. The first kappa shape index (κ1) is 9.25. The number of aryl methyl sites for hydroxylation is 1. The molecule has 0 amide bonds. The van der Waals surface area contributed by atoms with Gasteiger partial charge in [-0.05, 0) is 29.8 Å². The molecule has 0 N–H and O–H groups in total. The number of halogens is 1. The Morgan fingerprint density at radius 2 is 2.17 bits per heavy atom. The van der Waals surface area contributed by atoms with Gasteiger partial charge in [-0.15, -0.1) is 0 Å². The summed E-state index contributed by atoms with van der Waals surface area (Å²) in [5.74, 6) is 0. The highest BCUT2D eigenvalue weighted by molar-refractivity contribution is 9.10. The standard InChI is InChI=1S/C7H9BrN2O2/c1-4-6(8)5(2)10(9-4)7(11)12-3/h1-3H3. The first-order chi connectivity index (χ1) is 5.57. The molecule has 0 fully saturated rings. The normalized spacial score (nSPS) is 10.0. The Morgan fingerprint density at radius 3 is 2.50 bits per heavy atom. The molecule has 0 unspecified atom stereocenters. The highest BCUT2D eigenvalue weighted by atomic mass is 79.9. The van der Waals surface area contributed by atoms with Crippen molar-refractivity contribution in [3.63, 3.8) is 0 Å². The molecule has 0 aromatic carbocycles. The van der Waals surface area contributed by atoms with E-state index < -0.39 is 6.09 Å². The molecule has 0 saturated carbocycles. The molecule has 0 aliphatic carbocycles. The zero-order chi connectivity index (χ0) is 9.30. The molecular formula is C7H9BrN2O2. The second kappa shape index (κ2) is 3.26. The molecule has 1 aromatic rings. The van der Waals surface area contributed by atoms with Gasteiger partial charge in [0.25, 0.3) is 0 Å². The lowest BCUT2D eigenvalue weighted by molar-refractivity contribution is 0.168. The number of methoxy groups -OCH3 is 1. The number of aromatic nitrogens is 2. The maximum atomic E-state index is 11.1. The van der Waals surface area contributed by atoms with Gasteiger partial charge in [0.1, 0.15) is 0 Å². The smallest absolute Gasteiger partial charge is 0.434 e. The van der Waals surface area contributed by atoms with E-state index in [9.17, 15) is 4.79 Å². The van der Waals surface area contributed by atoms with Crippen molar-refractivity contribution < 1.29 is 9.53 Å². The largest absolute Gasteiger partial charge is 0.451 e. The second-order valence-electron chi connectivity index (χ2n) is 2.37. The molecule has 1 aromatic heterocycles. The third kappa shape index (κ3) is 1.36. The van der Waals surface area contributed by atoms with E-state index in [1.165, 1.54) is 11.8 Å². The van der Waals surface area contributed by atoms with E-state index in [1.54, 1.807) is 6.92 Å². The Balaban J connectivity index is 3.17. The van der Waals surface area contributed by atoms with Crippen LogP contribution in [0.4, 0.5) is 4.79 Å². The van der Waals surface area contributed by atoms with E-state index in [2.05, 4.69) is 25.8 Å². The third-order valence-corrected chi connectivity index (χ3v) is 2.70. The first-order valence-electron chi connectivity index (χ1n) is 3.38. The minimum Gasteiger partial charge on any atom is -0.451 e. The number of rotatable bonds is 0. The summed E-state index contributed by atoms with van der Waals surface area (Å²) in [7, 11) is 1.33. The zero-order valence-corrected chi connectivity index (χ0v) is 8.67. The van der Waals surface area contributed by atoms with Gasteiger partial charge in [0.2, 0.25) is 0 Å². The molecule has 0 aliphatic heterocycles. The van der Waals surface area contributed by atoms with Crippen molar-refractivity contribution in [1.82, 2.24) is 9.78 Å². The summed E-state index contributed by atoms with van der Waals surface area (Å²) in [6.07, 6.45) is -0.471. The van der Waals surface area contributed by atoms with Gasteiger partial charge in [0.05, 0.1) is 23.0 Å². The van der Waals surface area contributed by atoms with Crippen LogP contribution in [0.5, 0.6) is 0 Å². The predicted octanol–water partition coefficient (Wildman–Crippen LogP) is 1.88. The Bertz CT molecular complexity index is 319. The molecule has 12 heavy (non-hydrogen) atoms. The summed E-state index contributed by atoms with van der Waals surface area (Å²) >= 11 is 3.31. The van der Waals surface area contributed by atoms with Crippen molar-refractivity contribution in [1.29, 1.82) is 0 Å². The molecule has 0 radical (unpaired) electrons. The Labute approximate surface area is 78.6 Å².